The highest BCUT2D eigenvalue weighted by Crippen LogP contribution is 2.33. The van der Waals surface area contributed by atoms with Crippen molar-refractivity contribution < 1.29 is 13.2 Å². The summed E-state index contributed by atoms with van der Waals surface area (Å²) in [5.74, 6) is 2.21. The van der Waals surface area contributed by atoms with Gasteiger partial charge >= 0.3 is 5.84 Å². The first-order valence-corrected chi connectivity index (χ1v) is 8.30. The van der Waals surface area contributed by atoms with Gasteiger partial charge in [-0.05, 0) is 49.8 Å². The number of anilines is 1. The average Bonchev–Trinajstić information content (AvgIpc) is 3.25. The highest BCUT2D eigenvalue weighted by molar-refractivity contribution is 5.79. The molecule has 0 fully saturated rings. The van der Waals surface area contributed by atoms with Crippen LogP contribution in [0.25, 0.3) is 28.5 Å². The smallest absolute Gasteiger partial charge is 0.306 e. The summed E-state index contributed by atoms with van der Waals surface area (Å²) in [6, 6.07) is 6.51. The van der Waals surface area contributed by atoms with Crippen LogP contribution >= 0.6 is 0 Å². The average molecular weight is 380 g/mol. The Hall–Kier alpha value is -3.84. The molecule has 0 saturated heterocycles. The monoisotopic (exact) mass is 380 g/mol. The van der Waals surface area contributed by atoms with Gasteiger partial charge in [0.15, 0.2) is 5.82 Å². The molecule has 0 aliphatic rings. The van der Waals surface area contributed by atoms with Gasteiger partial charge in [0, 0.05) is 17.6 Å². The van der Waals surface area contributed by atoms with Crippen molar-refractivity contribution in [3.63, 3.8) is 0 Å². The van der Waals surface area contributed by atoms with E-state index in [2.05, 4.69) is 31.6 Å². The normalized spacial score (nSPS) is 10.7. The Morgan fingerprint density at radius 3 is 2.79 bits per heavy atom. The molecule has 0 radical (unpaired) electrons. The van der Waals surface area contributed by atoms with Gasteiger partial charge in [-0.1, -0.05) is 0 Å². The summed E-state index contributed by atoms with van der Waals surface area (Å²) in [7, 11) is 0. The molecular weight excluding hydrogens is 366 g/mol. The van der Waals surface area contributed by atoms with Crippen molar-refractivity contribution in [2.45, 2.75) is 13.8 Å². The van der Waals surface area contributed by atoms with Gasteiger partial charge in [-0.25, -0.2) is 8.78 Å². The summed E-state index contributed by atoms with van der Waals surface area (Å²) in [6.45, 7) is 3.73. The SMILES string of the molecule is CC(C)=C=NNc1ccc(-c2c(-c3cc(F)ccc3F)nc3occn23)nn1. The second kappa shape index (κ2) is 7.05. The minimum absolute atomic E-state index is 0.00561. The first-order chi connectivity index (χ1) is 13.5. The Labute approximate surface area is 158 Å². The van der Waals surface area contributed by atoms with Crippen LogP contribution in [0.1, 0.15) is 13.8 Å². The van der Waals surface area contributed by atoms with Gasteiger partial charge in [-0.2, -0.15) is 4.98 Å². The van der Waals surface area contributed by atoms with Gasteiger partial charge in [0.2, 0.25) is 0 Å². The lowest BCUT2D eigenvalue weighted by molar-refractivity contribution is 0.594. The van der Waals surface area contributed by atoms with Gasteiger partial charge in [-0.15, -0.1) is 15.3 Å². The van der Waals surface area contributed by atoms with Crippen LogP contribution in [0.3, 0.4) is 0 Å². The molecule has 9 heteroatoms. The molecule has 3 aromatic heterocycles. The largest absolute Gasteiger partial charge is 0.432 e. The maximum Gasteiger partial charge on any atom is 0.306 e. The number of oxazole rings is 1. The molecule has 1 aromatic carbocycles. The van der Waals surface area contributed by atoms with Crippen molar-refractivity contribution in [3.8, 4) is 22.6 Å². The minimum Gasteiger partial charge on any atom is -0.432 e. The standard InChI is InChI=1S/C19H14F2N6O/c1-11(2)10-22-25-16-6-5-15(24-26-16)18-17(23-19-27(18)7-8-28-19)13-9-12(20)3-4-14(13)21/h3-9H,1-2H3,(H,25,26). The molecular formula is C19H14F2N6O. The number of imidazole rings is 1. The Morgan fingerprint density at radius 2 is 2.04 bits per heavy atom. The number of rotatable bonds is 4. The van der Waals surface area contributed by atoms with Crippen LogP contribution in [0.15, 0.2) is 57.9 Å². The van der Waals surface area contributed by atoms with Crippen molar-refractivity contribution in [3.05, 3.63) is 60.0 Å². The number of allylic oxidation sites excluding steroid dienone is 1. The first-order valence-electron chi connectivity index (χ1n) is 8.30. The lowest BCUT2D eigenvalue weighted by Crippen LogP contribution is -1.98. The third-order valence-electron chi connectivity index (χ3n) is 3.80. The van der Waals surface area contributed by atoms with Crippen LogP contribution in [-0.4, -0.2) is 25.5 Å². The second-order valence-corrected chi connectivity index (χ2v) is 6.13. The predicted octanol–water partition coefficient (Wildman–Crippen LogP) is 4.29. The highest BCUT2D eigenvalue weighted by atomic mass is 19.1. The Bertz CT molecular complexity index is 1220. The summed E-state index contributed by atoms with van der Waals surface area (Å²) in [4.78, 5) is 4.29. The molecule has 0 unspecified atom stereocenters. The van der Waals surface area contributed by atoms with Crippen molar-refractivity contribution in [2.24, 2.45) is 5.10 Å². The summed E-state index contributed by atoms with van der Waals surface area (Å²) in [5, 5.41) is 12.1. The van der Waals surface area contributed by atoms with Crippen LogP contribution < -0.4 is 5.43 Å². The van der Waals surface area contributed by atoms with E-state index in [1.807, 2.05) is 13.8 Å². The fourth-order valence-electron chi connectivity index (χ4n) is 2.61. The van der Waals surface area contributed by atoms with Gasteiger partial charge in [0.05, 0.1) is 0 Å². The van der Waals surface area contributed by atoms with Gasteiger partial charge in [0.1, 0.15) is 35.0 Å². The number of hydrogen-bond donors (Lipinski definition) is 1. The van der Waals surface area contributed by atoms with Crippen LogP contribution in [0.2, 0.25) is 0 Å². The topological polar surface area (TPSA) is 80.6 Å². The molecule has 0 aliphatic carbocycles. The zero-order valence-electron chi connectivity index (χ0n) is 14.9. The van der Waals surface area contributed by atoms with Crippen molar-refractivity contribution in [2.75, 3.05) is 5.43 Å². The second-order valence-electron chi connectivity index (χ2n) is 6.13. The molecule has 1 N–H and O–H groups in total. The van der Waals surface area contributed by atoms with Crippen LogP contribution in [0.4, 0.5) is 14.6 Å². The number of nitrogens with one attached hydrogen (secondary N) is 1. The zero-order chi connectivity index (χ0) is 19.7. The van der Waals surface area contributed by atoms with Crippen molar-refractivity contribution in [1.82, 2.24) is 19.6 Å². The quantitative estimate of drug-likeness (QED) is 0.422. The molecule has 0 bridgehead atoms. The molecule has 3 heterocycles. The van der Waals surface area contributed by atoms with Crippen LogP contribution in [0, 0.1) is 11.6 Å². The van der Waals surface area contributed by atoms with Crippen molar-refractivity contribution >= 4 is 17.5 Å². The van der Waals surface area contributed by atoms with E-state index in [4.69, 9.17) is 4.42 Å². The fourth-order valence-corrected chi connectivity index (χ4v) is 2.61. The van der Waals surface area contributed by atoms with E-state index in [0.717, 1.165) is 23.8 Å². The number of hydrazone groups is 1. The molecule has 140 valence electrons. The minimum atomic E-state index is -0.606. The summed E-state index contributed by atoms with van der Waals surface area (Å²) < 4.78 is 34.9. The third-order valence-corrected chi connectivity index (χ3v) is 3.80. The number of nitrogens with zero attached hydrogens (tertiary/aromatic N) is 5. The fraction of sp³-hybridized carbons (Fsp3) is 0.105. The molecule has 0 atom stereocenters. The molecule has 0 aliphatic heterocycles. The molecule has 4 aromatic rings. The molecule has 7 nitrogen and oxygen atoms in total. The maximum absolute atomic E-state index is 14.3. The van der Waals surface area contributed by atoms with Crippen molar-refractivity contribution in [1.29, 1.82) is 0 Å². The first kappa shape index (κ1) is 17.6. The lowest BCUT2D eigenvalue weighted by Gasteiger charge is -2.05. The van der Waals surface area contributed by atoms with E-state index in [1.54, 1.807) is 22.7 Å². The van der Waals surface area contributed by atoms with E-state index in [1.165, 1.54) is 6.26 Å². The van der Waals surface area contributed by atoms with E-state index in [9.17, 15) is 8.78 Å². The summed E-state index contributed by atoms with van der Waals surface area (Å²) in [5.41, 5.74) is 4.66. The number of benzene rings is 1. The molecule has 4 rings (SSSR count). The Balaban J connectivity index is 1.81. The summed E-state index contributed by atoms with van der Waals surface area (Å²) >= 11 is 0. The Kier molecular flexibility index (Phi) is 4.42. The highest BCUT2D eigenvalue weighted by Gasteiger charge is 2.22. The number of fused-ring (bicyclic) bond motifs is 1. The van der Waals surface area contributed by atoms with E-state index in [0.29, 0.717) is 17.2 Å². The van der Waals surface area contributed by atoms with Gasteiger partial charge in [0.25, 0.3) is 0 Å². The van der Waals surface area contributed by atoms with Crippen LogP contribution in [-0.2, 0) is 0 Å². The molecule has 0 spiro atoms. The zero-order valence-corrected chi connectivity index (χ0v) is 14.9. The van der Waals surface area contributed by atoms with Crippen LogP contribution in [0.5, 0.6) is 0 Å². The Morgan fingerprint density at radius 1 is 1.18 bits per heavy atom. The van der Waals surface area contributed by atoms with E-state index >= 15 is 0 Å². The maximum atomic E-state index is 14.3. The molecule has 0 saturated carbocycles. The number of halogens is 2. The summed E-state index contributed by atoms with van der Waals surface area (Å²) in [6.07, 6.45) is 3.06. The number of hydrogen-bond acceptors (Lipinski definition) is 6. The molecule has 28 heavy (non-hydrogen) atoms. The molecule has 0 amide bonds. The van der Waals surface area contributed by atoms with Gasteiger partial charge in [-0.3, -0.25) is 9.83 Å². The van der Waals surface area contributed by atoms with E-state index < -0.39 is 11.6 Å². The lowest BCUT2D eigenvalue weighted by atomic mass is 10.1. The van der Waals surface area contributed by atoms with E-state index in [-0.39, 0.29) is 17.1 Å². The predicted molar refractivity (Wildman–Crippen MR) is 99.8 cm³/mol. The van der Waals surface area contributed by atoms with Gasteiger partial charge < -0.3 is 4.42 Å². The third kappa shape index (κ3) is 3.26. The number of aromatic nitrogens is 4.